The van der Waals surface area contributed by atoms with Crippen LogP contribution < -0.4 is 15.5 Å². The molecule has 2 fully saturated rings. The van der Waals surface area contributed by atoms with Gasteiger partial charge in [-0.05, 0) is 67.1 Å². The number of hydrogen-bond donors (Lipinski definition) is 3. The molecule has 0 bridgehead atoms. The Morgan fingerprint density at radius 2 is 2.05 bits per heavy atom. The predicted molar refractivity (Wildman–Crippen MR) is 137 cm³/mol. The second-order valence-electron chi connectivity index (χ2n) is 9.81. The summed E-state index contributed by atoms with van der Waals surface area (Å²) in [5.41, 5.74) is 2.92. The Kier molecular flexibility index (Phi) is 8.41. The predicted octanol–water partition coefficient (Wildman–Crippen LogP) is 4.02. The van der Waals surface area contributed by atoms with Crippen molar-refractivity contribution in [2.45, 2.75) is 38.9 Å². The van der Waals surface area contributed by atoms with E-state index in [4.69, 9.17) is 4.74 Å². The monoisotopic (exact) mass is 535 g/mol. The number of carbonyl (C=O) groups is 2. The van der Waals surface area contributed by atoms with Crippen molar-refractivity contribution < 1.29 is 32.6 Å². The highest BCUT2D eigenvalue weighted by Crippen LogP contribution is 2.33. The minimum absolute atomic E-state index is 0.0391. The topological polar surface area (TPSA) is 107 Å². The van der Waals surface area contributed by atoms with E-state index < -0.39 is 24.5 Å². The number of aliphatic hydroxyl groups is 1. The third-order valence-corrected chi connectivity index (χ3v) is 6.64. The molecule has 3 amide bonds. The largest absolute Gasteiger partial charge is 0.394 e. The molecule has 2 aromatic rings. The zero-order valence-electron chi connectivity index (χ0n) is 21.3. The van der Waals surface area contributed by atoms with Crippen LogP contribution in [0.25, 0.3) is 11.1 Å². The highest BCUT2D eigenvalue weighted by Gasteiger charge is 2.36. The molecule has 3 N–H and O–H groups in total. The molecule has 0 aliphatic carbocycles. The molecule has 0 spiro atoms. The van der Waals surface area contributed by atoms with Crippen LogP contribution in [0.1, 0.15) is 25.3 Å². The van der Waals surface area contributed by atoms with E-state index in [1.54, 1.807) is 36.1 Å². The van der Waals surface area contributed by atoms with Crippen LogP contribution in [0.4, 0.5) is 35.3 Å². The van der Waals surface area contributed by atoms with E-state index in [-0.39, 0.29) is 38.3 Å². The Labute approximate surface area is 219 Å². The van der Waals surface area contributed by atoms with Gasteiger partial charge in [-0.25, -0.2) is 9.78 Å². The summed E-state index contributed by atoms with van der Waals surface area (Å²) < 4.78 is 43.5. The fraction of sp³-hybridized carbons (Fsp3) is 0.500. The number of amides is 3. The van der Waals surface area contributed by atoms with Gasteiger partial charge in [0.15, 0.2) is 0 Å². The molecule has 1 aromatic heterocycles. The van der Waals surface area contributed by atoms with Gasteiger partial charge < -0.3 is 25.4 Å². The number of hydrogen-bond acceptors (Lipinski definition) is 6. The van der Waals surface area contributed by atoms with E-state index in [1.807, 2.05) is 13.0 Å². The van der Waals surface area contributed by atoms with Crippen molar-refractivity contribution in [2.75, 3.05) is 55.0 Å². The molecule has 12 heteroatoms. The van der Waals surface area contributed by atoms with E-state index in [9.17, 15) is 27.9 Å². The van der Waals surface area contributed by atoms with Gasteiger partial charge in [-0.15, -0.1) is 0 Å². The van der Waals surface area contributed by atoms with Crippen LogP contribution in [0.15, 0.2) is 30.3 Å². The lowest BCUT2D eigenvalue weighted by atomic mass is 10.00. The summed E-state index contributed by atoms with van der Waals surface area (Å²) in [4.78, 5) is 32.8. The van der Waals surface area contributed by atoms with Crippen molar-refractivity contribution in [3.05, 3.63) is 35.9 Å². The molecule has 38 heavy (non-hydrogen) atoms. The maximum Gasteiger partial charge on any atom is 0.389 e. The standard InChI is InChI=1S/C26H32F3N5O4/c1-16-3-4-20(31-25(37)33-6-5-18(13-33)12-26(27,28)29)11-21(16)19-9-22(30-17(2)14-35)32-23(10-19)34-7-8-38-15-24(34)36/h3-4,9-11,17-18,35H,5-8,12-15H2,1-2H3,(H,30,32)(H,31,37). The molecule has 4 rings (SSSR count). The Bertz CT molecular complexity index is 1180. The van der Waals surface area contributed by atoms with Crippen LogP contribution in [-0.4, -0.2) is 78.6 Å². The number of nitrogens with zero attached hydrogens (tertiary/aromatic N) is 3. The summed E-state index contributed by atoms with van der Waals surface area (Å²) in [6.45, 7) is 4.62. The highest BCUT2D eigenvalue weighted by atomic mass is 19.4. The maximum atomic E-state index is 12.8. The fourth-order valence-corrected chi connectivity index (χ4v) is 4.67. The van der Waals surface area contributed by atoms with Gasteiger partial charge in [0, 0.05) is 31.2 Å². The summed E-state index contributed by atoms with van der Waals surface area (Å²) in [5, 5.41) is 15.4. The number of aryl methyl sites for hydroxylation is 1. The molecule has 2 saturated heterocycles. The van der Waals surface area contributed by atoms with E-state index in [0.29, 0.717) is 36.9 Å². The number of ether oxygens (including phenoxy) is 1. The van der Waals surface area contributed by atoms with Crippen molar-refractivity contribution >= 4 is 29.3 Å². The summed E-state index contributed by atoms with van der Waals surface area (Å²) >= 11 is 0. The number of morpholine rings is 1. The molecular formula is C26H32F3N5O4. The maximum absolute atomic E-state index is 12.8. The lowest BCUT2D eigenvalue weighted by molar-refractivity contribution is -0.143. The number of pyridine rings is 1. The normalized spacial score (nSPS) is 19.0. The van der Waals surface area contributed by atoms with Gasteiger partial charge in [-0.3, -0.25) is 9.69 Å². The Morgan fingerprint density at radius 1 is 1.26 bits per heavy atom. The second kappa shape index (κ2) is 11.6. The molecule has 9 nitrogen and oxygen atoms in total. The first-order chi connectivity index (χ1) is 18.0. The fourth-order valence-electron chi connectivity index (χ4n) is 4.67. The van der Waals surface area contributed by atoms with Crippen LogP contribution in [0.3, 0.4) is 0 Å². The lowest BCUT2D eigenvalue weighted by Gasteiger charge is -2.27. The number of benzene rings is 1. The Morgan fingerprint density at radius 3 is 2.76 bits per heavy atom. The average Bonchev–Trinajstić information content (AvgIpc) is 3.32. The van der Waals surface area contributed by atoms with Crippen LogP contribution in [0.2, 0.25) is 0 Å². The van der Waals surface area contributed by atoms with E-state index >= 15 is 0 Å². The lowest BCUT2D eigenvalue weighted by Crippen LogP contribution is -2.42. The second-order valence-corrected chi connectivity index (χ2v) is 9.81. The third kappa shape index (κ3) is 6.93. The Hall–Kier alpha value is -3.38. The summed E-state index contributed by atoms with van der Waals surface area (Å²) in [5.74, 6) is 0.0962. The van der Waals surface area contributed by atoms with Crippen LogP contribution in [-0.2, 0) is 9.53 Å². The first-order valence-corrected chi connectivity index (χ1v) is 12.5. The number of nitrogens with one attached hydrogen (secondary N) is 2. The molecule has 3 heterocycles. The molecular weight excluding hydrogens is 503 g/mol. The molecule has 2 aliphatic rings. The van der Waals surface area contributed by atoms with Crippen molar-refractivity contribution in [3.63, 3.8) is 0 Å². The van der Waals surface area contributed by atoms with Crippen molar-refractivity contribution in [1.82, 2.24) is 9.88 Å². The average molecular weight is 536 g/mol. The smallest absolute Gasteiger partial charge is 0.389 e. The molecule has 0 radical (unpaired) electrons. The number of alkyl halides is 3. The van der Waals surface area contributed by atoms with Crippen molar-refractivity contribution in [2.24, 2.45) is 5.92 Å². The number of urea groups is 1. The van der Waals surface area contributed by atoms with Gasteiger partial charge in [-0.2, -0.15) is 13.2 Å². The number of likely N-dealkylation sites (tertiary alicyclic amines) is 1. The van der Waals surface area contributed by atoms with Crippen LogP contribution >= 0.6 is 0 Å². The van der Waals surface area contributed by atoms with Crippen molar-refractivity contribution in [3.8, 4) is 11.1 Å². The van der Waals surface area contributed by atoms with E-state index in [2.05, 4.69) is 15.6 Å². The number of carbonyl (C=O) groups excluding carboxylic acids is 2. The quantitative estimate of drug-likeness (QED) is 0.495. The van der Waals surface area contributed by atoms with Gasteiger partial charge in [0.2, 0.25) is 0 Å². The first kappa shape index (κ1) is 27.6. The molecule has 1 aromatic carbocycles. The summed E-state index contributed by atoms with van der Waals surface area (Å²) in [7, 11) is 0. The number of rotatable bonds is 7. The zero-order valence-corrected chi connectivity index (χ0v) is 21.3. The minimum atomic E-state index is -4.25. The Balaban J connectivity index is 1.58. The number of aliphatic hydroxyl groups excluding tert-OH is 1. The summed E-state index contributed by atoms with van der Waals surface area (Å²) in [6, 6.07) is 8.23. The van der Waals surface area contributed by atoms with Crippen LogP contribution in [0.5, 0.6) is 0 Å². The van der Waals surface area contributed by atoms with Crippen molar-refractivity contribution in [1.29, 1.82) is 0 Å². The number of aromatic nitrogens is 1. The number of halogens is 3. The first-order valence-electron chi connectivity index (χ1n) is 12.5. The third-order valence-electron chi connectivity index (χ3n) is 6.64. The van der Waals surface area contributed by atoms with Gasteiger partial charge in [0.05, 0.1) is 19.8 Å². The van der Waals surface area contributed by atoms with Crippen LogP contribution in [0, 0.1) is 12.8 Å². The SMILES string of the molecule is Cc1ccc(NC(=O)N2CCC(CC(F)(F)F)C2)cc1-c1cc(NC(C)CO)nc(N2CCOCC2=O)c1. The summed E-state index contributed by atoms with van der Waals surface area (Å²) in [6.07, 6.45) is -4.83. The zero-order chi connectivity index (χ0) is 27.4. The molecule has 2 atom stereocenters. The molecule has 2 aliphatic heterocycles. The highest BCUT2D eigenvalue weighted by molar-refractivity contribution is 5.95. The van der Waals surface area contributed by atoms with Gasteiger partial charge in [0.25, 0.3) is 5.91 Å². The molecule has 0 saturated carbocycles. The minimum Gasteiger partial charge on any atom is -0.394 e. The van der Waals surface area contributed by atoms with Gasteiger partial charge in [0.1, 0.15) is 18.2 Å². The number of anilines is 3. The van der Waals surface area contributed by atoms with E-state index in [1.165, 1.54) is 4.90 Å². The molecule has 206 valence electrons. The molecule has 2 unspecified atom stereocenters. The van der Waals surface area contributed by atoms with E-state index in [0.717, 1.165) is 16.7 Å². The van der Waals surface area contributed by atoms with Gasteiger partial charge >= 0.3 is 12.2 Å². The van der Waals surface area contributed by atoms with Gasteiger partial charge in [-0.1, -0.05) is 6.07 Å².